The molecule has 0 bridgehead atoms. The van der Waals surface area contributed by atoms with Gasteiger partial charge in [0.25, 0.3) is 0 Å². The number of hydrogen-bond donors (Lipinski definition) is 0. The molecule has 0 unspecified atom stereocenters. The first-order valence-electron chi connectivity index (χ1n) is 3.17. The van der Waals surface area contributed by atoms with Crippen molar-refractivity contribution in [1.82, 2.24) is 9.80 Å². The second kappa shape index (κ2) is 5.15. The van der Waals surface area contributed by atoms with Crippen LogP contribution in [0.25, 0.3) is 0 Å². The van der Waals surface area contributed by atoms with Crippen LogP contribution >= 0.6 is 0 Å². The van der Waals surface area contributed by atoms with E-state index in [0.717, 1.165) is 13.2 Å². The van der Waals surface area contributed by atoms with Gasteiger partial charge in [-0.3, -0.25) is 0 Å². The molecule has 56 valence electrons. The average Bonchev–Trinajstić information content (AvgIpc) is 2.40. The summed E-state index contributed by atoms with van der Waals surface area (Å²) >= 11 is 0. The Morgan fingerprint density at radius 1 is 1.50 bits per heavy atom. The van der Waals surface area contributed by atoms with Crippen molar-refractivity contribution in [2.75, 3.05) is 20.3 Å². The molecular formula is C6H12BFN2. The molecule has 4 heteroatoms. The maximum absolute atomic E-state index is 9.00. The van der Waals surface area contributed by atoms with E-state index in [2.05, 4.69) is 44.3 Å². The van der Waals surface area contributed by atoms with Crippen LogP contribution in [0.4, 0.5) is 4.32 Å². The summed E-state index contributed by atoms with van der Waals surface area (Å²) in [5, 5.41) is 0. The highest BCUT2D eigenvalue weighted by molar-refractivity contribution is 5.96. The van der Waals surface area contributed by atoms with Crippen molar-refractivity contribution in [3.63, 3.8) is 0 Å². The lowest BCUT2D eigenvalue weighted by Gasteiger charge is -2.14. The van der Waals surface area contributed by atoms with Gasteiger partial charge in [0.15, 0.2) is 0 Å². The molecule has 1 aliphatic rings. The van der Waals surface area contributed by atoms with Gasteiger partial charge < -0.3 is 14.1 Å². The minimum Gasteiger partial charge on any atom is -0.362 e. The van der Waals surface area contributed by atoms with Crippen molar-refractivity contribution >= 4 is 8.12 Å². The zero-order chi connectivity index (χ0) is 7.98. The summed E-state index contributed by atoms with van der Waals surface area (Å²) < 4.78 is 9.00. The van der Waals surface area contributed by atoms with E-state index in [4.69, 9.17) is 4.32 Å². The molecule has 0 fully saturated rings. The first kappa shape index (κ1) is 9.33. The van der Waals surface area contributed by atoms with Crippen LogP contribution in [0.3, 0.4) is 0 Å². The quantitative estimate of drug-likeness (QED) is 0.497. The van der Waals surface area contributed by atoms with Gasteiger partial charge in [0.05, 0.1) is 6.67 Å². The Labute approximate surface area is 62.8 Å². The van der Waals surface area contributed by atoms with E-state index in [9.17, 15) is 0 Å². The fourth-order valence-electron chi connectivity index (χ4n) is 0.794. The third-order valence-electron chi connectivity index (χ3n) is 1.34. The van der Waals surface area contributed by atoms with Gasteiger partial charge in [0, 0.05) is 26.0 Å². The summed E-state index contributed by atoms with van der Waals surface area (Å²) in [6.45, 7) is 4.32. The van der Waals surface area contributed by atoms with E-state index in [1.807, 2.05) is 0 Å². The Morgan fingerprint density at radius 2 is 2.10 bits per heavy atom. The van der Waals surface area contributed by atoms with Crippen LogP contribution in [-0.2, 0) is 0 Å². The molecule has 0 amide bonds. The Balaban J connectivity index is 0.000000371. The first-order valence-corrected chi connectivity index (χ1v) is 3.17. The molecule has 0 aromatic carbocycles. The van der Waals surface area contributed by atoms with Crippen molar-refractivity contribution in [3.05, 3.63) is 12.4 Å². The highest BCUT2D eigenvalue weighted by atomic mass is 19.1. The Hall–Kier alpha value is -0.665. The van der Waals surface area contributed by atoms with Crippen LogP contribution in [0.15, 0.2) is 12.4 Å². The van der Waals surface area contributed by atoms with Crippen LogP contribution in [0, 0.1) is 0 Å². The summed E-state index contributed by atoms with van der Waals surface area (Å²) in [4.78, 5) is 4.41. The standard InChI is InChI=1S/C6H12N2.BF/c1-3-8-5-4-7(2)6-8;1-2/h4-5H,3,6H2,1-2H3;. The third-order valence-corrected chi connectivity index (χ3v) is 1.34. The average molecular weight is 142 g/mol. The van der Waals surface area contributed by atoms with Gasteiger partial charge in [0.1, 0.15) is 0 Å². The molecule has 10 heavy (non-hydrogen) atoms. The second-order valence-corrected chi connectivity index (χ2v) is 2.10. The molecule has 0 saturated heterocycles. The summed E-state index contributed by atoms with van der Waals surface area (Å²) in [5.41, 5.74) is 0. The smallest absolute Gasteiger partial charge is 0.350 e. The van der Waals surface area contributed by atoms with Gasteiger partial charge in [-0.05, 0) is 6.92 Å². The fraction of sp³-hybridized carbons (Fsp3) is 0.667. The van der Waals surface area contributed by atoms with Crippen molar-refractivity contribution < 1.29 is 4.32 Å². The molecule has 1 rings (SSSR count). The zero-order valence-electron chi connectivity index (χ0n) is 6.42. The van der Waals surface area contributed by atoms with Crippen molar-refractivity contribution in [3.8, 4) is 0 Å². The van der Waals surface area contributed by atoms with Gasteiger partial charge >= 0.3 is 8.12 Å². The van der Waals surface area contributed by atoms with Crippen LogP contribution < -0.4 is 0 Å². The lowest BCUT2D eigenvalue weighted by atomic mass is 10.6. The summed E-state index contributed by atoms with van der Waals surface area (Å²) in [5.74, 6) is 0. The lowest BCUT2D eigenvalue weighted by Crippen LogP contribution is -2.21. The molecule has 0 aliphatic carbocycles. The minimum atomic E-state index is 1.05. The van der Waals surface area contributed by atoms with E-state index >= 15 is 0 Å². The summed E-state index contributed by atoms with van der Waals surface area (Å²) in [6, 6.07) is 0. The number of hydrogen-bond acceptors (Lipinski definition) is 2. The summed E-state index contributed by atoms with van der Waals surface area (Å²) in [7, 11) is 5.08. The zero-order valence-corrected chi connectivity index (χ0v) is 6.42. The normalized spacial score (nSPS) is 15.1. The van der Waals surface area contributed by atoms with E-state index in [1.54, 1.807) is 0 Å². The monoisotopic (exact) mass is 142 g/mol. The molecule has 1 heterocycles. The van der Waals surface area contributed by atoms with Crippen molar-refractivity contribution in [2.24, 2.45) is 0 Å². The van der Waals surface area contributed by atoms with E-state index < -0.39 is 0 Å². The predicted octanol–water partition coefficient (Wildman–Crippen LogP) is 0.722. The van der Waals surface area contributed by atoms with Crippen LogP contribution in [0.1, 0.15) is 6.92 Å². The third kappa shape index (κ3) is 2.76. The first-order chi connectivity index (χ1) is 4.83. The number of halogens is 1. The molecule has 0 aromatic heterocycles. The van der Waals surface area contributed by atoms with Crippen LogP contribution in [0.5, 0.6) is 0 Å². The summed E-state index contributed by atoms with van der Waals surface area (Å²) in [6.07, 6.45) is 4.20. The Morgan fingerprint density at radius 3 is 2.30 bits per heavy atom. The minimum absolute atomic E-state index is 1.05. The molecular weight excluding hydrogens is 130 g/mol. The van der Waals surface area contributed by atoms with Crippen molar-refractivity contribution in [1.29, 1.82) is 0 Å². The van der Waals surface area contributed by atoms with Gasteiger partial charge in [-0.15, -0.1) is 0 Å². The molecule has 1 aliphatic heterocycles. The highest BCUT2D eigenvalue weighted by Gasteiger charge is 2.03. The second-order valence-electron chi connectivity index (χ2n) is 2.10. The topological polar surface area (TPSA) is 6.48 Å². The van der Waals surface area contributed by atoms with Gasteiger partial charge in [0.2, 0.25) is 0 Å². The molecule has 0 aromatic rings. The maximum atomic E-state index is 9.00. The van der Waals surface area contributed by atoms with E-state index in [-0.39, 0.29) is 0 Å². The van der Waals surface area contributed by atoms with Crippen molar-refractivity contribution in [2.45, 2.75) is 6.92 Å². The van der Waals surface area contributed by atoms with E-state index in [0.29, 0.717) is 0 Å². The lowest BCUT2D eigenvalue weighted by molar-refractivity contribution is 0.308. The Bertz CT molecular complexity index is 108. The predicted molar refractivity (Wildman–Crippen MR) is 41.0 cm³/mol. The number of nitrogens with zero attached hydrogens (tertiary/aromatic N) is 2. The SMILES string of the molecule is CCN1C=CN(C)C1.[B]F. The number of rotatable bonds is 1. The molecule has 2 nitrogen and oxygen atoms in total. The molecule has 0 spiro atoms. The maximum Gasteiger partial charge on any atom is 0.350 e. The fourth-order valence-corrected chi connectivity index (χ4v) is 0.794. The highest BCUT2D eigenvalue weighted by Crippen LogP contribution is 2.00. The van der Waals surface area contributed by atoms with E-state index in [1.165, 1.54) is 0 Å². The molecule has 2 radical (unpaired) electrons. The van der Waals surface area contributed by atoms with Gasteiger partial charge in [-0.25, -0.2) is 0 Å². The van der Waals surface area contributed by atoms with Crippen LogP contribution in [-0.4, -0.2) is 38.2 Å². The molecule has 0 saturated carbocycles. The molecule has 0 atom stereocenters. The van der Waals surface area contributed by atoms with Gasteiger partial charge in [-0.2, -0.15) is 0 Å². The Kier molecular flexibility index (Phi) is 4.80. The van der Waals surface area contributed by atoms with Crippen LogP contribution in [0.2, 0.25) is 0 Å². The van der Waals surface area contributed by atoms with Gasteiger partial charge in [-0.1, -0.05) is 0 Å². The largest absolute Gasteiger partial charge is 0.362 e. The molecule has 0 N–H and O–H groups in total.